The molecule has 110 valence electrons. The second kappa shape index (κ2) is 5.96. The molecular formula is C17H26N2O. The number of aryl methyl sites for hydroxylation is 1. The van der Waals surface area contributed by atoms with Crippen molar-refractivity contribution in [3.63, 3.8) is 0 Å². The molecule has 1 amide bonds. The zero-order valence-electron chi connectivity index (χ0n) is 13.0. The zero-order valence-corrected chi connectivity index (χ0v) is 13.0. The van der Waals surface area contributed by atoms with Gasteiger partial charge in [-0.2, -0.15) is 0 Å². The maximum atomic E-state index is 12.6. The van der Waals surface area contributed by atoms with Crippen LogP contribution in [0.5, 0.6) is 0 Å². The monoisotopic (exact) mass is 274 g/mol. The van der Waals surface area contributed by atoms with Crippen molar-refractivity contribution < 1.29 is 4.79 Å². The lowest BCUT2D eigenvalue weighted by molar-refractivity contribution is -0.126. The van der Waals surface area contributed by atoms with E-state index < -0.39 is 5.41 Å². The first-order valence-corrected chi connectivity index (χ1v) is 7.50. The molecule has 1 saturated heterocycles. The van der Waals surface area contributed by atoms with Crippen molar-refractivity contribution in [1.82, 2.24) is 10.6 Å². The van der Waals surface area contributed by atoms with E-state index in [1.165, 1.54) is 5.56 Å². The van der Waals surface area contributed by atoms with Gasteiger partial charge < -0.3 is 10.6 Å². The molecule has 3 heteroatoms. The molecule has 0 spiro atoms. The van der Waals surface area contributed by atoms with Crippen molar-refractivity contribution in [2.45, 2.75) is 45.6 Å². The molecule has 1 aliphatic rings. The van der Waals surface area contributed by atoms with Crippen LogP contribution in [0.2, 0.25) is 0 Å². The fourth-order valence-corrected chi connectivity index (χ4v) is 2.63. The van der Waals surface area contributed by atoms with Gasteiger partial charge >= 0.3 is 0 Å². The summed E-state index contributed by atoms with van der Waals surface area (Å²) in [7, 11) is 0. The molecule has 2 N–H and O–H groups in total. The van der Waals surface area contributed by atoms with E-state index in [4.69, 9.17) is 0 Å². The molecule has 0 radical (unpaired) electrons. The van der Waals surface area contributed by atoms with E-state index in [0.29, 0.717) is 5.92 Å². The highest BCUT2D eigenvalue weighted by Crippen LogP contribution is 2.24. The third-order valence-corrected chi connectivity index (χ3v) is 4.48. The SMILES string of the molecule is Cc1ccc(C(C)(C)C(=O)NC2CNCCC2C)cc1. The predicted molar refractivity (Wildman–Crippen MR) is 82.8 cm³/mol. The molecule has 0 aliphatic carbocycles. The molecule has 1 aliphatic heterocycles. The van der Waals surface area contributed by atoms with Crippen LogP contribution in [0.25, 0.3) is 0 Å². The van der Waals surface area contributed by atoms with Crippen LogP contribution < -0.4 is 10.6 Å². The van der Waals surface area contributed by atoms with E-state index in [1.54, 1.807) is 0 Å². The van der Waals surface area contributed by atoms with Crippen LogP contribution in [0, 0.1) is 12.8 Å². The number of rotatable bonds is 3. The topological polar surface area (TPSA) is 41.1 Å². The van der Waals surface area contributed by atoms with Crippen molar-refractivity contribution in [2.24, 2.45) is 5.92 Å². The summed E-state index contributed by atoms with van der Waals surface area (Å²) in [6, 6.07) is 8.47. The minimum Gasteiger partial charge on any atom is -0.351 e. The molecule has 1 aromatic rings. The van der Waals surface area contributed by atoms with Crippen LogP contribution in [-0.2, 0) is 10.2 Å². The number of amides is 1. The van der Waals surface area contributed by atoms with E-state index in [2.05, 4.69) is 48.7 Å². The average Bonchev–Trinajstić information content (AvgIpc) is 2.41. The van der Waals surface area contributed by atoms with Crippen molar-refractivity contribution in [3.8, 4) is 0 Å². The van der Waals surface area contributed by atoms with Crippen LogP contribution >= 0.6 is 0 Å². The maximum absolute atomic E-state index is 12.6. The number of carbonyl (C=O) groups excluding carboxylic acids is 1. The quantitative estimate of drug-likeness (QED) is 0.888. The van der Waals surface area contributed by atoms with Gasteiger partial charge in [-0.15, -0.1) is 0 Å². The van der Waals surface area contributed by atoms with Crippen molar-refractivity contribution in [3.05, 3.63) is 35.4 Å². The Kier molecular flexibility index (Phi) is 4.48. The Hall–Kier alpha value is -1.35. The Bertz CT molecular complexity index is 464. The second-order valence-electron chi connectivity index (χ2n) is 6.54. The minimum absolute atomic E-state index is 0.113. The summed E-state index contributed by atoms with van der Waals surface area (Å²) in [5.41, 5.74) is 1.79. The standard InChI is InChI=1S/C17H26N2O/c1-12-5-7-14(8-6-12)17(3,4)16(20)19-15-11-18-10-9-13(15)2/h5-8,13,15,18H,9-11H2,1-4H3,(H,19,20). The molecule has 2 atom stereocenters. The Morgan fingerprint density at radius 3 is 2.55 bits per heavy atom. The van der Waals surface area contributed by atoms with Gasteiger partial charge in [-0.1, -0.05) is 36.8 Å². The van der Waals surface area contributed by atoms with Gasteiger partial charge in [0, 0.05) is 12.6 Å². The van der Waals surface area contributed by atoms with E-state index in [9.17, 15) is 4.79 Å². The zero-order chi connectivity index (χ0) is 14.8. The molecule has 0 saturated carbocycles. The van der Waals surface area contributed by atoms with Gasteiger partial charge in [0.25, 0.3) is 0 Å². The third-order valence-electron chi connectivity index (χ3n) is 4.48. The number of hydrogen-bond donors (Lipinski definition) is 2. The highest BCUT2D eigenvalue weighted by Gasteiger charge is 2.32. The Balaban J connectivity index is 2.08. The normalized spacial score (nSPS) is 23.4. The van der Waals surface area contributed by atoms with Gasteiger partial charge in [0.1, 0.15) is 0 Å². The molecule has 0 bridgehead atoms. The molecular weight excluding hydrogens is 248 g/mol. The summed E-state index contributed by atoms with van der Waals surface area (Å²) < 4.78 is 0. The number of nitrogens with one attached hydrogen (secondary N) is 2. The van der Waals surface area contributed by atoms with Crippen LogP contribution in [0.1, 0.15) is 38.3 Å². The molecule has 2 unspecified atom stereocenters. The largest absolute Gasteiger partial charge is 0.351 e. The molecule has 0 aromatic heterocycles. The lowest BCUT2D eigenvalue weighted by Gasteiger charge is -2.33. The highest BCUT2D eigenvalue weighted by molar-refractivity contribution is 5.87. The van der Waals surface area contributed by atoms with E-state index in [0.717, 1.165) is 25.1 Å². The number of carbonyl (C=O) groups is 1. The lowest BCUT2D eigenvalue weighted by Crippen LogP contribution is -2.54. The van der Waals surface area contributed by atoms with E-state index in [-0.39, 0.29) is 11.9 Å². The summed E-state index contributed by atoms with van der Waals surface area (Å²) in [5.74, 6) is 0.649. The van der Waals surface area contributed by atoms with Gasteiger partial charge in [0.2, 0.25) is 5.91 Å². The molecule has 3 nitrogen and oxygen atoms in total. The second-order valence-corrected chi connectivity index (χ2v) is 6.54. The van der Waals surface area contributed by atoms with Crippen molar-refractivity contribution in [2.75, 3.05) is 13.1 Å². The fourth-order valence-electron chi connectivity index (χ4n) is 2.63. The van der Waals surface area contributed by atoms with Gasteiger partial charge in [0.05, 0.1) is 5.41 Å². The van der Waals surface area contributed by atoms with Gasteiger partial charge in [0.15, 0.2) is 0 Å². The molecule has 1 aromatic carbocycles. The fraction of sp³-hybridized carbons (Fsp3) is 0.588. The van der Waals surface area contributed by atoms with Gasteiger partial charge in [-0.3, -0.25) is 4.79 Å². The maximum Gasteiger partial charge on any atom is 0.230 e. The average molecular weight is 274 g/mol. The van der Waals surface area contributed by atoms with Gasteiger partial charge in [-0.25, -0.2) is 0 Å². The third kappa shape index (κ3) is 3.21. The summed E-state index contributed by atoms with van der Waals surface area (Å²) in [6.07, 6.45) is 1.12. The van der Waals surface area contributed by atoms with Crippen LogP contribution in [0.4, 0.5) is 0 Å². The summed E-state index contributed by atoms with van der Waals surface area (Å²) in [5, 5.41) is 6.58. The number of piperidine rings is 1. The first kappa shape index (κ1) is 15.0. The molecule has 2 rings (SSSR count). The van der Waals surface area contributed by atoms with Gasteiger partial charge in [-0.05, 0) is 45.2 Å². The minimum atomic E-state index is -0.495. The first-order valence-electron chi connectivity index (χ1n) is 7.50. The summed E-state index contributed by atoms with van der Waals surface area (Å²) >= 11 is 0. The first-order chi connectivity index (χ1) is 9.41. The van der Waals surface area contributed by atoms with E-state index in [1.807, 2.05) is 13.8 Å². The lowest BCUT2D eigenvalue weighted by atomic mass is 9.82. The Labute approximate surface area is 122 Å². The van der Waals surface area contributed by atoms with Crippen LogP contribution in [0.3, 0.4) is 0 Å². The predicted octanol–water partition coefficient (Wildman–Crippen LogP) is 2.39. The Morgan fingerprint density at radius 1 is 1.30 bits per heavy atom. The van der Waals surface area contributed by atoms with Crippen molar-refractivity contribution >= 4 is 5.91 Å². The van der Waals surface area contributed by atoms with Crippen molar-refractivity contribution in [1.29, 1.82) is 0 Å². The summed E-state index contributed by atoms with van der Waals surface area (Å²) in [4.78, 5) is 12.6. The summed E-state index contributed by atoms with van der Waals surface area (Å²) in [6.45, 7) is 10.2. The smallest absolute Gasteiger partial charge is 0.230 e. The molecule has 20 heavy (non-hydrogen) atoms. The number of hydrogen-bond acceptors (Lipinski definition) is 2. The highest BCUT2D eigenvalue weighted by atomic mass is 16.2. The Morgan fingerprint density at radius 2 is 1.95 bits per heavy atom. The number of benzene rings is 1. The molecule has 1 fully saturated rings. The molecule has 1 heterocycles. The van der Waals surface area contributed by atoms with Crippen LogP contribution in [-0.4, -0.2) is 25.0 Å². The van der Waals surface area contributed by atoms with Crippen LogP contribution in [0.15, 0.2) is 24.3 Å². The van der Waals surface area contributed by atoms with E-state index >= 15 is 0 Å².